The third kappa shape index (κ3) is 3.38. The smallest absolute Gasteiger partial charge is 0.294 e. The van der Waals surface area contributed by atoms with Crippen LogP contribution in [-0.4, -0.2) is 24.9 Å². The van der Waals surface area contributed by atoms with Crippen molar-refractivity contribution in [1.29, 1.82) is 0 Å². The van der Waals surface area contributed by atoms with Crippen molar-refractivity contribution in [2.45, 2.75) is 0 Å². The Morgan fingerprint density at radius 3 is 1.75 bits per heavy atom. The fraction of sp³-hybridized carbons (Fsp3) is 0. The Kier molecular flexibility index (Phi) is 4.43. The quantitative estimate of drug-likeness (QED) is 0.236. The molecule has 5 heterocycles. The normalized spacial score (nSPS) is 12.0. The third-order valence-corrected chi connectivity index (χ3v) is 4.34. The van der Waals surface area contributed by atoms with E-state index in [1.807, 2.05) is 48.6 Å². The first-order valence-corrected chi connectivity index (χ1v) is 8.35. The summed E-state index contributed by atoms with van der Waals surface area (Å²) in [4.78, 5) is 26.5. The Balaban J connectivity index is 0.00000192. The van der Waals surface area contributed by atoms with Gasteiger partial charge in [-0.2, -0.15) is 0 Å². The number of aromatic nitrogens is 4. The molecule has 28 heavy (non-hydrogen) atoms. The van der Waals surface area contributed by atoms with E-state index >= 15 is 0 Å². The van der Waals surface area contributed by atoms with E-state index in [2.05, 4.69) is 19.9 Å². The summed E-state index contributed by atoms with van der Waals surface area (Å²) < 4.78 is 0. The topological polar surface area (TPSA) is 100 Å². The molecule has 2 N–H and O–H groups in total. The number of aromatic amines is 2. The minimum Gasteiger partial charge on any atom is -0.355 e. The Bertz CT molecular complexity index is 1320. The second-order valence-electron chi connectivity index (χ2n) is 6.32. The van der Waals surface area contributed by atoms with E-state index in [4.69, 9.17) is 0 Å². The summed E-state index contributed by atoms with van der Waals surface area (Å²) in [5, 5.41) is 11.4. The first-order chi connectivity index (χ1) is 13.1. The summed E-state index contributed by atoms with van der Waals surface area (Å²) in [6, 6.07) is 12.8. The number of nitrogens with zero attached hydrogens (tertiary/aromatic N) is 3. The van der Waals surface area contributed by atoms with Crippen LogP contribution in [0.15, 0.2) is 42.5 Å². The zero-order chi connectivity index (χ0) is 18.4. The van der Waals surface area contributed by atoms with Gasteiger partial charge in [-0.3, -0.25) is 10.1 Å². The molecule has 0 saturated heterocycles. The number of hydrogen-bond donors (Lipinski definition) is 2. The van der Waals surface area contributed by atoms with Crippen LogP contribution in [0.2, 0.25) is 0 Å². The molecule has 0 spiro atoms. The maximum atomic E-state index is 11.4. The van der Waals surface area contributed by atoms with Gasteiger partial charge in [-0.1, -0.05) is 0 Å². The zero-order valence-electron chi connectivity index (χ0n) is 14.3. The van der Waals surface area contributed by atoms with Crippen molar-refractivity contribution >= 4 is 52.1 Å². The predicted octanol–water partition coefficient (Wildman–Crippen LogP) is 4.56. The second kappa shape index (κ2) is 6.92. The second-order valence-corrected chi connectivity index (χ2v) is 6.32. The number of hydrogen-bond acceptors (Lipinski definition) is 4. The van der Waals surface area contributed by atoms with Crippen LogP contribution < -0.4 is 0 Å². The number of fused-ring (bicyclic) bond motifs is 8. The average molecular weight is 419 g/mol. The van der Waals surface area contributed by atoms with Gasteiger partial charge in [-0.15, -0.1) is 0 Å². The van der Waals surface area contributed by atoms with Gasteiger partial charge in [0.2, 0.25) is 0 Å². The van der Waals surface area contributed by atoms with Crippen LogP contribution in [0.25, 0.3) is 46.4 Å². The van der Waals surface area contributed by atoms with Crippen LogP contribution >= 0.6 is 0 Å². The number of H-pyrrole nitrogens is 2. The fourth-order valence-corrected chi connectivity index (χ4v) is 3.15. The van der Waals surface area contributed by atoms with Gasteiger partial charge >= 0.3 is 0 Å². The van der Waals surface area contributed by atoms with Crippen LogP contribution in [-0.2, 0) is 17.1 Å². The largest absolute Gasteiger partial charge is 0.355 e. The Morgan fingerprint density at radius 2 is 1.21 bits per heavy atom. The van der Waals surface area contributed by atoms with Gasteiger partial charge in [-0.25, -0.2) is 9.97 Å². The summed E-state index contributed by atoms with van der Waals surface area (Å²) >= 11 is 0. The standard InChI is InChI=1S/C20H13N5O2.Cu/c26-25(27)20-11-18-9-16-4-3-14(22-16)7-12-1-2-13(21-12)8-15-5-6-17(23-15)10-19(20)24-18;/h1-11,21,24H;. The maximum Gasteiger partial charge on any atom is 0.294 e. The van der Waals surface area contributed by atoms with Gasteiger partial charge in [0.25, 0.3) is 5.69 Å². The third-order valence-electron chi connectivity index (χ3n) is 4.34. The Labute approximate surface area is 169 Å². The van der Waals surface area contributed by atoms with E-state index in [9.17, 15) is 10.1 Å². The molecule has 0 saturated carbocycles. The van der Waals surface area contributed by atoms with Crippen molar-refractivity contribution in [3.8, 4) is 0 Å². The van der Waals surface area contributed by atoms with Gasteiger partial charge in [0.1, 0.15) is 5.52 Å². The molecule has 141 valence electrons. The van der Waals surface area contributed by atoms with Crippen molar-refractivity contribution in [2.75, 3.05) is 0 Å². The molecular weight excluding hydrogens is 406 g/mol. The summed E-state index contributed by atoms with van der Waals surface area (Å²) in [5.74, 6) is 0. The van der Waals surface area contributed by atoms with Crippen molar-refractivity contribution in [3.63, 3.8) is 0 Å². The van der Waals surface area contributed by atoms with Gasteiger partial charge in [-0.05, 0) is 60.7 Å². The molecule has 8 heteroatoms. The van der Waals surface area contributed by atoms with Crippen LogP contribution in [0, 0.1) is 10.1 Å². The molecule has 0 atom stereocenters. The van der Waals surface area contributed by atoms with E-state index in [1.165, 1.54) is 6.07 Å². The molecule has 2 aliphatic rings. The SMILES string of the molecule is O=[N+]([O-])c1cc2cc3nc(cc4ccc(cc5nc(cc1[nH]2)C=C5)[nH]4)C=C3.[Cu]. The van der Waals surface area contributed by atoms with Crippen LogP contribution in [0.5, 0.6) is 0 Å². The van der Waals surface area contributed by atoms with Crippen LogP contribution in [0.1, 0.15) is 22.8 Å². The molecule has 2 aliphatic heterocycles. The van der Waals surface area contributed by atoms with Crippen molar-refractivity contribution < 1.29 is 22.0 Å². The molecule has 3 aromatic rings. The first kappa shape index (κ1) is 17.9. The molecule has 5 rings (SSSR count). The van der Waals surface area contributed by atoms with Gasteiger partial charge < -0.3 is 9.97 Å². The fourth-order valence-electron chi connectivity index (χ4n) is 3.15. The summed E-state index contributed by atoms with van der Waals surface area (Å²) in [6.07, 6.45) is 7.49. The van der Waals surface area contributed by atoms with Crippen molar-refractivity contribution in [3.05, 3.63) is 75.4 Å². The minimum absolute atomic E-state index is 0. The van der Waals surface area contributed by atoms with Crippen LogP contribution in [0.3, 0.4) is 0 Å². The molecule has 7 nitrogen and oxygen atoms in total. The molecule has 0 unspecified atom stereocenters. The van der Waals surface area contributed by atoms with Gasteiger partial charge in [0.15, 0.2) is 0 Å². The van der Waals surface area contributed by atoms with E-state index in [1.54, 1.807) is 12.1 Å². The minimum atomic E-state index is -0.401. The molecule has 0 aliphatic carbocycles. The number of rotatable bonds is 1. The van der Waals surface area contributed by atoms with Crippen LogP contribution in [0.4, 0.5) is 5.69 Å². The number of nitro groups is 1. The number of nitrogens with one attached hydrogen (secondary N) is 2. The molecule has 8 bridgehead atoms. The molecule has 3 aromatic heterocycles. The van der Waals surface area contributed by atoms with Gasteiger partial charge in [0.05, 0.1) is 27.7 Å². The monoisotopic (exact) mass is 418 g/mol. The molecule has 0 aromatic carbocycles. The summed E-state index contributed by atoms with van der Waals surface area (Å²) in [6.45, 7) is 0. The van der Waals surface area contributed by atoms with Crippen molar-refractivity contribution in [2.24, 2.45) is 0 Å². The van der Waals surface area contributed by atoms with Gasteiger partial charge in [0, 0.05) is 39.7 Å². The summed E-state index contributed by atoms with van der Waals surface area (Å²) in [5.41, 5.74) is 5.85. The Morgan fingerprint density at radius 1 is 0.714 bits per heavy atom. The molecule has 1 radical (unpaired) electrons. The molecule has 0 amide bonds. The maximum absolute atomic E-state index is 11.4. The molecule has 0 fully saturated rings. The first-order valence-electron chi connectivity index (χ1n) is 8.35. The van der Waals surface area contributed by atoms with E-state index in [0.29, 0.717) is 16.7 Å². The zero-order valence-corrected chi connectivity index (χ0v) is 15.3. The average Bonchev–Trinajstić information content (AvgIpc) is 3.38. The van der Waals surface area contributed by atoms with E-state index < -0.39 is 4.92 Å². The summed E-state index contributed by atoms with van der Waals surface area (Å²) in [7, 11) is 0. The molecular formula is C20H13CuN5O2. The predicted molar refractivity (Wildman–Crippen MR) is 106 cm³/mol. The Hall–Kier alpha value is -3.48. The van der Waals surface area contributed by atoms with E-state index in [0.717, 1.165) is 28.1 Å². The van der Waals surface area contributed by atoms with Crippen molar-refractivity contribution in [1.82, 2.24) is 19.9 Å². The van der Waals surface area contributed by atoms with E-state index in [-0.39, 0.29) is 22.8 Å².